The van der Waals surface area contributed by atoms with E-state index in [0.717, 1.165) is 5.57 Å². The van der Waals surface area contributed by atoms with Crippen molar-refractivity contribution in [1.82, 2.24) is 10.1 Å². The number of aliphatic hydroxyl groups is 3. The fraction of sp³-hybridized carbons (Fsp3) is 0.652. The van der Waals surface area contributed by atoms with Crippen LogP contribution >= 0.6 is 0 Å². The summed E-state index contributed by atoms with van der Waals surface area (Å²) in [6, 6.07) is 1.60. The zero-order valence-corrected chi connectivity index (χ0v) is 19.2. The molecule has 10 heteroatoms. The molecule has 33 heavy (non-hydrogen) atoms. The Labute approximate surface area is 192 Å². The second-order valence-corrected chi connectivity index (χ2v) is 9.08. The normalized spacial score (nSPS) is 31.9. The number of aromatic nitrogens is 2. The van der Waals surface area contributed by atoms with Crippen LogP contribution in [0.15, 0.2) is 26.8 Å². The van der Waals surface area contributed by atoms with Crippen LogP contribution in [0.25, 0.3) is 17.6 Å². The minimum Gasteiger partial charge on any atom is -0.479 e. The predicted molar refractivity (Wildman–Crippen MR) is 116 cm³/mol. The molecule has 2 fully saturated rings. The van der Waals surface area contributed by atoms with Gasteiger partial charge in [0.05, 0.1) is 56.5 Å². The van der Waals surface area contributed by atoms with Crippen LogP contribution in [0.3, 0.4) is 0 Å². The minimum absolute atomic E-state index is 0.0130. The SMILES string of the molecule is COc1cc(-c2cnc(/C=C(\C)C[C@@H]3OC[C@H](C[C@@H]4O[C@H]4[C@@H](C)[C@H](C)O)[C@@H](O)[C@H]3O)o2)on1. The second kappa shape index (κ2) is 9.94. The monoisotopic (exact) mass is 464 g/mol. The molecule has 3 N–H and O–H groups in total. The highest BCUT2D eigenvalue weighted by Gasteiger charge is 2.48. The lowest BCUT2D eigenvalue weighted by atomic mass is 9.85. The van der Waals surface area contributed by atoms with E-state index in [1.54, 1.807) is 19.1 Å². The zero-order valence-electron chi connectivity index (χ0n) is 19.2. The third kappa shape index (κ3) is 5.47. The largest absolute Gasteiger partial charge is 0.479 e. The average Bonchev–Trinajstić information content (AvgIpc) is 3.15. The molecule has 4 rings (SSSR count). The highest BCUT2D eigenvalue weighted by Crippen LogP contribution is 2.38. The topological polar surface area (TPSA) is 144 Å². The zero-order chi connectivity index (χ0) is 23.7. The number of nitrogens with zero attached hydrogens (tertiary/aromatic N) is 2. The lowest BCUT2D eigenvalue weighted by molar-refractivity contribution is -0.165. The molecule has 4 heterocycles. The molecule has 0 spiro atoms. The van der Waals surface area contributed by atoms with Crippen molar-refractivity contribution in [2.24, 2.45) is 11.8 Å². The molecule has 0 bridgehead atoms. The third-order valence-corrected chi connectivity index (χ3v) is 6.53. The van der Waals surface area contributed by atoms with Crippen LogP contribution in [0.5, 0.6) is 5.88 Å². The summed E-state index contributed by atoms with van der Waals surface area (Å²) in [5.41, 5.74) is 0.879. The van der Waals surface area contributed by atoms with E-state index in [4.69, 9.17) is 23.2 Å². The number of hydrogen-bond acceptors (Lipinski definition) is 10. The van der Waals surface area contributed by atoms with Gasteiger partial charge >= 0.3 is 0 Å². The predicted octanol–water partition coefficient (Wildman–Crippen LogP) is 2.04. The van der Waals surface area contributed by atoms with E-state index in [2.05, 4.69) is 10.1 Å². The molecule has 0 radical (unpaired) electrons. The molecule has 2 aromatic rings. The summed E-state index contributed by atoms with van der Waals surface area (Å²) in [5.74, 6) is 1.36. The Morgan fingerprint density at radius 3 is 2.73 bits per heavy atom. The molecule has 2 saturated heterocycles. The molecule has 0 unspecified atom stereocenters. The molecular weight excluding hydrogens is 432 g/mol. The van der Waals surface area contributed by atoms with Crippen LogP contribution in [0.4, 0.5) is 0 Å². The van der Waals surface area contributed by atoms with E-state index in [1.807, 2.05) is 13.8 Å². The fourth-order valence-electron chi connectivity index (χ4n) is 4.24. The number of epoxide rings is 1. The van der Waals surface area contributed by atoms with Crippen LogP contribution in [0, 0.1) is 11.8 Å². The van der Waals surface area contributed by atoms with Gasteiger partial charge in [0, 0.05) is 11.8 Å². The summed E-state index contributed by atoms with van der Waals surface area (Å²) < 4.78 is 27.4. The van der Waals surface area contributed by atoms with Crippen molar-refractivity contribution in [3.63, 3.8) is 0 Å². The molecule has 0 amide bonds. The van der Waals surface area contributed by atoms with Crippen molar-refractivity contribution in [1.29, 1.82) is 0 Å². The maximum atomic E-state index is 10.7. The van der Waals surface area contributed by atoms with Gasteiger partial charge in [0.25, 0.3) is 5.88 Å². The average molecular weight is 465 g/mol. The lowest BCUT2D eigenvalue weighted by Crippen LogP contribution is -2.50. The Kier molecular flexibility index (Phi) is 7.20. The summed E-state index contributed by atoms with van der Waals surface area (Å²) in [6.07, 6.45) is 1.36. The van der Waals surface area contributed by atoms with Crippen molar-refractivity contribution in [3.8, 4) is 17.4 Å². The third-order valence-electron chi connectivity index (χ3n) is 6.53. The van der Waals surface area contributed by atoms with E-state index in [9.17, 15) is 15.3 Å². The van der Waals surface area contributed by atoms with Gasteiger partial charge in [0.15, 0.2) is 5.76 Å². The summed E-state index contributed by atoms with van der Waals surface area (Å²) in [4.78, 5) is 4.22. The standard InChI is InChI=1S/C23H32N2O8/c1-11(6-19-24-9-18(31-19)15-8-20(29-4)25-33-15)5-16-22(28)21(27)14(10-30-16)7-17-23(32-17)12(2)13(3)26/h6,8-9,12-14,16-17,21-23,26-28H,5,7,10H2,1-4H3/b11-6+/t12-,13-,14-,16-,17-,21+,22-,23-/m0/s1. The van der Waals surface area contributed by atoms with Crippen molar-refractivity contribution in [2.75, 3.05) is 13.7 Å². The number of methoxy groups -OCH3 is 1. The van der Waals surface area contributed by atoms with Crippen molar-refractivity contribution >= 4 is 6.08 Å². The molecule has 2 aliphatic rings. The first-order chi connectivity index (χ1) is 15.8. The van der Waals surface area contributed by atoms with E-state index in [-0.39, 0.29) is 24.0 Å². The maximum absolute atomic E-state index is 10.7. The van der Waals surface area contributed by atoms with Gasteiger partial charge in [-0.25, -0.2) is 4.98 Å². The molecule has 0 saturated carbocycles. The van der Waals surface area contributed by atoms with E-state index >= 15 is 0 Å². The van der Waals surface area contributed by atoms with Gasteiger partial charge in [-0.15, -0.1) is 0 Å². The Morgan fingerprint density at radius 2 is 2.03 bits per heavy atom. The lowest BCUT2D eigenvalue weighted by Gasteiger charge is -2.38. The van der Waals surface area contributed by atoms with Crippen LogP contribution in [-0.2, 0) is 9.47 Å². The first-order valence-electron chi connectivity index (χ1n) is 11.2. The van der Waals surface area contributed by atoms with Gasteiger partial charge < -0.3 is 38.5 Å². The first-order valence-corrected chi connectivity index (χ1v) is 11.2. The van der Waals surface area contributed by atoms with Crippen molar-refractivity contribution < 1.29 is 38.5 Å². The molecule has 2 aliphatic heterocycles. The molecule has 8 atom stereocenters. The highest BCUT2D eigenvalue weighted by atomic mass is 16.6. The van der Waals surface area contributed by atoms with Crippen LogP contribution in [0.1, 0.15) is 39.5 Å². The van der Waals surface area contributed by atoms with Gasteiger partial charge in [-0.2, -0.15) is 0 Å². The Bertz CT molecular complexity index is 954. The Balaban J connectivity index is 1.30. The second-order valence-electron chi connectivity index (χ2n) is 9.08. The first kappa shape index (κ1) is 23.9. The van der Waals surface area contributed by atoms with Crippen LogP contribution < -0.4 is 4.74 Å². The summed E-state index contributed by atoms with van der Waals surface area (Å²) in [6.45, 7) is 5.91. The molecular formula is C23H32N2O8. The van der Waals surface area contributed by atoms with E-state index in [1.165, 1.54) is 13.3 Å². The number of oxazole rings is 1. The molecule has 182 valence electrons. The molecule has 10 nitrogen and oxygen atoms in total. The number of ether oxygens (including phenoxy) is 3. The van der Waals surface area contributed by atoms with E-state index < -0.39 is 24.4 Å². The number of aliphatic hydroxyl groups excluding tert-OH is 3. The van der Waals surface area contributed by atoms with Crippen LogP contribution in [-0.4, -0.2) is 75.8 Å². The number of rotatable bonds is 9. The van der Waals surface area contributed by atoms with Gasteiger partial charge in [0.1, 0.15) is 6.10 Å². The van der Waals surface area contributed by atoms with Gasteiger partial charge in [0.2, 0.25) is 11.7 Å². The summed E-state index contributed by atoms with van der Waals surface area (Å²) >= 11 is 0. The highest BCUT2D eigenvalue weighted by molar-refractivity contribution is 5.52. The van der Waals surface area contributed by atoms with Gasteiger partial charge in [-0.05, 0) is 37.9 Å². The summed E-state index contributed by atoms with van der Waals surface area (Å²) in [7, 11) is 1.50. The van der Waals surface area contributed by atoms with Crippen molar-refractivity contribution in [2.45, 2.75) is 70.2 Å². The molecule has 0 aliphatic carbocycles. The minimum atomic E-state index is -1.01. The van der Waals surface area contributed by atoms with Crippen molar-refractivity contribution in [3.05, 3.63) is 23.7 Å². The van der Waals surface area contributed by atoms with Gasteiger partial charge in [-0.3, -0.25) is 0 Å². The quantitative estimate of drug-likeness (QED) is 0.472. The smallest absolute Gasteiger partial charge is 0.254 e. The molecule has 2 aromatic heterocycles. The number of hydrogen-bond donors (Lipinski definition) is 3. The Morgan fingerprint density at radius 1 is 1.24 bits per heavy atom. The van der Waals surface area contributed by atoms with E-state index in [0.29, 0.717) is 42.7 Å². The fourth-order valence-corrected chi connectivity index (χ4v) is 4.24. The molecule has 0 aromatic carbocycles. The van der Waals surface area contributed by atoms with Crippen LogP contribution in [0.2, 0.25) is 0 Å². The maximum Gasteiger partial charge on any atom is 0.254 e. The van der Waals surface area contributed by atoms with Gasteiger partial charge in [-0.1, -0.05) is 12.5 Å². The summed E-state index contributed by atoms with van der Waals surface area (Å²) in [5, 5.41) is 34.8. The Hall–Kier alpha value is -2.24.